The van der Waals surface area contributed by atoms with Crippen molar-refractivity contribution in [1.29, 1.82) is 0 Å². The molecule has 0 atom stereocenters. The van der Waals surface area contributed by atoms with Gasteiger partial charge >= 0.3 is 5.97 Å². The van der Waals surface area contributed by atoms with Crippen molar-refractivity contribution in [2.24, 2.45) is 11.8 Å². The van der Waals surface area contributed by atoms with Crippen LogP contribution in [-0.4, -0.2) is 16.9 Å². The Bertz CT molecular complexity index is 403. The molecule has 0 amide bonds. The topological polar surface area (TPSA) is 54.4 Å². The van der Waals surface area contributed by atoms with Gasteiger partial charge in [-0.1, -0.05) is 30.3 Å². The van der Waals surface area contributed by atoms with Gasteiger partial charge in [0.2, 0.25) is 0 Å². The molecule has 0 heterocycles. The third-order valence-corrected chi connectivity index (χ3v) is 3.51. The SMILES string of the molecule is O=C(O)[C@H]1CC[C@@H](C(=O)c2ccccc2)CC1. The summed E-state index contributed by atoms with van der Waals surface area (Å²) >= 11 is 0. The second kappa shape index (κ2) is 5.13. The van der Waals surface area contributed by atoms with Gasteiger partial charge in [-0.05, 0) is 25.7 Å². The molecule has 0 bridgehead atoms. The summed E-state index contributed by atoms with van der Waals surface area (Å²) < 4.78 is 0. The molecule has 0 radical (unpaired) electrons. The molecule has 3 heteroatoms. The summed E-state index contributed by atoms with van der Waals surface area (Å²) in [6.45, 7) is 0. The van der Waals surface area contributed by atoms with Gasteiger partial charge in [-0.25, -0.2) is 0 Å². The molecule has 0 unspecified atom stereocenters. The van der Waals surface area contributed by atoms with E-state index in [0.717, 1.165) is 5.56 Å². The van der Waals surface area contributed by atoms with Gasteiger partial charge in [-0.3, -0.25) is 9.59 Å². The van der Waals surface area contributed by atoms with Crippen LogP contribution in [0, 0.1) is 11.8 Å². The number of hydrogen-bond acceptors (Lipinski definition) is 2. The van der Waals surface area contributed by atoms with Crippen molar-refractivity contribution in [3.63, 3.8) is 0 Å². The van der Waals surface area contributed by atoms with Crippen LogP contribution >= 0.6 is 0 Å². The zero-order valence-electron chi connectivity index (χ0n) is 9.63. The monoisotopic (exact) mass is 232 g/mol. The number of carbonyl (C=O) groups is 2. The van der Waals surface area contributed by atoms with Crippen LogP contribution in [0.3, 0.4) is 0 Å². The molecule has 0 spiro atoms. The van der Waals surface area contributed by atoms with Crippen molar-refractivity contribution < 1.29 is 14.7 Å². The van der Waals surface area contributed by atoms with E-state index in [-0.39, 0.29) is 17.6 Å². The predicted molar refractivity (Wildman–Crippen MR) is 63.9 cm³/mol. The molecule has 1 aromatic rings. The van der Waals surface area contributed by atoms with Crippen LogP contribution in [0.5, 0.6) is 0 Å². The molecule has 1 N–H and O–H groups in total. The second-order valence-corrected chi connectivity index (χ2v) is 4.62. The maximum atomic E-state index is 12.1. The first-order valence-corrected chi connectivity index (χ1v) is 6.00. The summed E-state index contributed by atoms with van der Waals surface area (Å²) in [4.78, 5) is 22.9. The summed E-state index contributed by atoms with van der Waals surface area (Å²) in [6, 6.07) is 9.25. The number of ketones is 1. The average molecular weight is 232 g/mol. The Hall–Kier alpha value is -1.64. The number of aliphatic carboxylic acids is 1. The zero-order chi connectivity index (χ0) is 12.3. The van der Waals surface area contributed by atoms with Gasteiger partial charge in [0.15, 0.2) is 5.78 Å². The van der Waals surface area contributed by atoms with Crippen LogP contribution in [0.2, 0.25) is 0 Å². The highest BCUT2D eigenvalue weighted by Crippen LogP contribution is 2.31. The van der Waals surface area contributed by atoms with E-state index >= 15 is 0 Å². The highest BCUT2D eigenvalue weighted by atomic mass is 16.4. The highest BCUT2D eigenvalue weighted by molar-refractivity contribution is 5.97. The van der Waals surface area contributed by atoms with Crippen LogP contribution < -0.4 is 0 Å². The van der Waals surface area contributed by atoms with Crippen LogP contribution in [-0.2, 0) is 4.79 Å². The minimum atomic E-state index is -0.726. The van der Waals surface area contributed by atoms with E-state index < -0.39 is 5.97 Å². The molecule has 17 heavy (non-hydrogen) atoms. The van der Waals surface area contributed by atoms with Gasteiger partial charge < -0.3 is 5.11 Å². The minimum absolute atomic E-state index is 0.00741. The minimum Gasteiger partial charge on any atom is -0.481 e. The van der Waals surface area contributed by atoms with E-state index in [1.54, 1.807) is 0 Å². The molecule has 90 valence electrons. The normalized spacial score (nSPS) is 24.2. The zero-order valence-corrected chi connectivity index (χ0v) is 9.63. The summed E-state index contributed by atoms with van der Waals surface area (Å²) in [5.41, 5.74) is 0.742. The van der Waals surface area contributed by atoms with Gasteiger partial charge in [0.1, 0.15) is 0 Å². The Kier molecular flexibility index (Phi) is 3.57. The summed E-state index contributed by atoms with van der Waals surface area (Å²) in [6.07, 6.45) is 2.65. The Morgan fingerprint density at radius 3 is 2.00 bits per heavy atom. The fourth-order valence-corrected chi connectivity index (χ4v) is 2.44. The van der Waals surface area contributed by atoms with Crippen molar-refractivity contribution in [2.45, 2.75) is 25.7 Å². The molecule has 0 aromatic heterocycles. The van der Waals surface area contributed by atoms with Crippen LogP contribution in [0.4, 0.5) is 0 Å². The molecule has 1 aromatic carbocycles. The van der Waals surface area contributed by atoms with Gasteiger partial charge in [0.05, 0.1) is 5.92 Å². The van der Waals surface area contributed by atoms with Gasteiger partial charge in [-0.15, -0.1) is 0 Å². The molecule has 3 nitrogen and oxygen atoms in total. The van der Waals surface area contributed by atoms with Gasteiger partial charge in [0, 0.05) is 11.5 Å². The van der Waals surface area contributed by atoms with E-state index in [4.69, 9.17) is 5.11 Å². The second-order valence-electron chi connectivity index (χ2n) is 4.62. The number of Topliss-reactive ketones (excluding diaryl/α,β-unsaturated/α-hetero) is 1. The molecule has 2 rings (SSSR count). The Balaban J connectivity index is 1.98. The first-order valence-electron chi connectivity index (χ1n) is 6.00. The average Bonchev–Trinajstić information content (AvgIpc) is 2.39. The molecular formula is C14H16O3. The predicted octanol–water partition coefficient (Wildman–Crippen LogP) is 2.76. The smallest absolute Gasteiger partial charge is 0.306 e. The van der Waals surface area contributed by atoms with Crippen molar-refractivity contribution in [3.05, 3.63) is 35.9 Å². The van der Waals surface area contributed by atoms with Crippen molar-refractivity contribution >= 4 is 11.8 Å². The quantitative estimate of drug-likeness (QED) is 0.815. The largest absolute Gasteiger partial charge is 0.481 e. The summed E-state index contributed by atoms with van der Waals surface area (Å²) in [5.74, 6) is -0.812. The van der Waals surface area contributed by atoms with Crippen LogP contribution in [0.25, 0.3) is 0 Å². The van der Waals surface area contributed by atoms with E-state index in [0.29, 0.717) is 25.7 Å². The maximum Gasteiger partial charge on any atom is 0.306 e. The Morgan fingerprint density at radius 1 is 0.941 bits per heavy atom. The number of hydrogen-bond donors (Lipinski definition) is 1. The van der Waals surface area contributed by atoms with Crippen molar-refractivity contribution in [1.82, 2.24) is 0 Å². The number of carbonyl (C=O) groups excluding carboxylic acids is 1. The highest BCUT2D eigenvalue weighted by Gasteiger charge is 2.29. The van der Waals surface area contributed by atoms with Crippen molar-refractivity contribution in [2.75, 3.05) is 0 Å². The number of carboxylic acids is 1. The lowest BCUT2D eigenvalue weighted by Gasteiger charge is -2.24. The fraction of sp³-hybridized carbons (Fsp3) is 0.429. The Morgan fingerprint density at radius 2 is 1.47 bits per heavy atom. The third kappa shape index (κ3) is 2.73. The number of carboxylic acid groups (broad SMARTS) is 1. The fourth-order valence-electron chi connectivity index (χ4n) is 2.44. The van der Waals surface area contributed by atoms with Crippen molar-refractivity contribution in [3.8, 4) is 0 Å². The van der Waals surface area contributed by atoms with Crippen LogP contribution in [0.1, 0.15) is 36.0 Å². The van der Waals surface area contributed by atoms with Gasteiger partial charge in [0.25, 0.3) is 0 Å². The first-order chi connectivity index (χ1) is 8.18. The standard InChI is InChI=1S/C14H16O3/c15-13(10-4-2-1-3-5-10)11-6-8-12(9-7-11)14(16)17/h1-5,11-12H,6-9H2,(H,16,17)/t11-,12+. The third-order valence-electron chi connectivity index (χ3n) is 3.51. The van der Waals surface area contributed by atoms with E-state index in [2.05, 4.69) is 0 Å². The lowest BCUT2D eigenvalue weighted by molar-refractivity contribution is -0.143. The van der Waals surface area contributed by atoms with Gasteiger partial charge in [-0.2, -0.15) is 0 Å². The lowest BCUT2D eigenvalue weighted by atomic mass is 9.79. The maximum absolute atomic E-state index is 12.1. The molecule has 0 aliphatic heterocycles. The van der Waals surface area contributed by atoms with E-state index in [9.17, 15) is 9.59 Å². The first kappa shape index (κ1) is 11.8. The molecule has 1 aliphatic carbocycles. The lowest BCUT2D eigenvalue weighted by Crippen LogP contribution is -2.25. The summed E-state index contributed by atoms with van der Waals surface area (Å²) in [7, 11) is 0. The number of benzene rings is 1. The van der Waals surface area contributed by atoms with E-state index in [1.165, 1.54) is 0 Å². The molecule has 1 fully saturated rings. The summed E-state index contributed by atoms with van der Waals surface area (Å²) in [5, 5.41) is 8.90. The van der Waals surface area contributed by atoms with E-state index in [1.807, 2.05) is 30.3 Å². The number of rotatable bonds is 3. The molecule has 1 aliphatic rings. The molecule has 1 saturated carbocycles. The molecular weight excluding hydrogens is 216 g/mol. The molecule has 0 saturated heterocycles. The Labute approximate surface area is 100 Å². The van der Waals surface area contributed by atoms with Crippen LogP contribution in [0.15, 0.2) is 30.3 Å².